The van der Waals surface area contributed by atoms with Crippen LogP contribution in [0.4, 0.5) is 17.1 Å². The molecule has 13 aromatic rings. The molecule has 0 aliphatic heterocycles. The number of hydrogen-bond acceptors (Lipinski definition) is 2. The molecule has 0 atom stereocenters. The lowest BCUT2D eigenvalue weighted by molar-refractivity contribution is 1.24. The molecule has 4 nitrogen and oxygen atoms in total. The Bertz CT molecular complexity index is 3580. The monoisotopic (exact) mass is 672 g/mol. The summed E-state index contributed by atoms with van der Waals surface area (Å²) in [6.45, 7) is 0. The second kappa shape index (κ2) is 9.78. The van der Waals surface area contributed by atoms with Crippen LogP contribution in [0.3, 0.4) is 0 Å². The van der Waals surface area contributed by atoms with Gasteiger partial charge in [-0.15, -0.1) is 0 Å². The van der Waals surface area contributed by atoms with Gasteiger partial charge in [0.25, 0.3) is 0 Å². The molecule has 13 rings (SSSR count). The molecule has 0 N–H and O–H groups in total. The van der Waals surface area contributed by atoms with Crippen molar-refractivity contribution in [2.75, 3.05) is 4.90 Å². The van der Waals surface area contributed by atoms with E-state index in [1.54, 1.807) is 0 Å². The number of pyridine rings is 1. The second-order valence-electron chi connectivity index (χ2n) is 14.4. The largest absolute Gasteiger partial charge is 0.308 e. The number of rotatable bonds is 3. The van der Waals surface area contributed by atoms with Gasteiger partial charge in [0.1, 0.15) is 5.65 Å². The minimum Gasteiger partial charge on any atom is -0.308 e. The summed E-state index contributed by atoms with van der Waals surface area (Å²) in [5, 5.41) is 15.1. The summed E-state index contributed by atoms with van der Waals surface area (Å²) < 4.78 is 4.94. The Morgan fingerprint density at radius 2 is 0.981 bits per heavy atom. The van der Waals surface area contributed by atoms with Crippen LogP contribution in [-0.4, -0.2) is 13.8 Å². The predicted octanol–water partition coefficient (Wildman–Crippen LogP) is 13.2. The minimum atomic E-state index is 0.986. The topological polar surface area (TPSA) is 24.9 Å². The highest BCUT2D eigenvalue weighted by atomic mass is 15.2. The maximum absolute atomic E-state index is 5.45. The first-order valence-corrected chi connectivity index (χ1v) is 18.2. The first kappa shape index (κ1) is 27.5. The van der Waals surface area contributed by atoms with Gasteiger partial charge in [-0.25, -0.2) is 4.98 Å². The number of fused-ring (bicyclic) bond motifs is 16. The van der Waals surface area contributed by atoms with E-state index in [1.807, 2.05) is 0 Å². The third kappa shape index (κ3) is 3.39. The molecule has 0 radical (unpaired) electrons. The van der Waals surface area contributed by atoms with Crippen LogP contribution in [0.1, 0.15) is 0 Å². The van der Waals surface area contributed by atoms with Crippen molar-refractivity contribution in [3.8, 4) is 0 Å². The van der Waals surface area contributed by atoms with Crippen molar-refractivity contribution in [2.45, 2.75) is 0 Å². The molecule has 0 saturated heterocycles. The molecular formula is C49H28N4. The van der Waals surface area contributed by atoms with Crippen LogP contribution in [0.5, 0.6) is 0 Å². The van der Waals surface area contributed by atoms with Gasteiger partial charge < -0.3 is 9.30 Å². The quantitative estimate of drug-likeness (QED) is 0.187. The molecule has 4 heteroatoms. The van der Waals surface area contributed by atoms with Crippen molar-refractivity contribution in [3.05, 3.63) is 170 Å². The second-order valence-corrected chi connectivity index (χ2v) is 14.4. The summed E-state index contributed by atoms with van der Waals surface area (Å²) in [6, 6.07) is 59.7. The van der Waals surface area contributed by atoms with E-state index in [0.717, 1.165) is 33.7 Å². The third-order valence-corrected chi connectivity index (χ3v) is 11.7. The fourth-order valence-corrected chi connectivity index (χ4v) is 9.65. The van der Waals surface area contributed by atoms with Crippen molar-refractivity contribution < 1.29 is 0 Å². The molecule has 0 unspecified atom stereocenters. The van der Waals surface area contributed by atoms with E-state index in [2.05, 4.69) is 184 Å². The van der Waals surface area contributed by atoms with Crippen LogP contribution >= 0.6 is 0 Å². The van der Waals surface area contributed by atoms with Crippen LogP contribution in [0.25, 0.3) is 97.9 Å². The highest BCUT2D eigenvalue weighted by molar-refractivity contribution is 6.38. The highest BCUT2D eigenvalue weighted by Gasteiger charge is 2.27. The lowest BCUT2D eigenvalue weighted by Gasteiger charge is -2.26. The standard InChI is InChI=1S/C49H28N4/c1-3-16-32(17-4-1)51(33-18-5-2-6-19-33)40-24-12-22-36-35-21-11-23-37-45-44-39-26-31-15-9-10-20-34(31)43-38-25-29-13-7-8-14-30(29)27-41(38)52(48(39)43)42(44)28-50-49(45)53(46(35)37)47(36)40/h1-28H. The third-order valence-electron chi connectivity index (χ3n) is 11.7. The summed E-state index contributed by atoms with van der Waals surface area (Å²) in [6.07, 6.45) is 2.13. The SMILES string of the molecule is c1ccc(N(c2ccccc2)c2cccc3c4cccc5c6c7c8cc9ccccc9c9c%10cc%11ccccc%11cc%10n(c7cnc6n(c23)c45)c89)cc1. The van der Waals surface area contributed by atoms with Crippen molar-refractivity contribution in [1.82, 2.24) is 13.8 Å². The Hall–Kier alpha value is -7.17. The zero-order valence-corrected chi connectivity index (χ0v) is 28.5. The summed E-state index contributed by atoms with van der Waals surface area (Å²) in [7, 11) is 0. The number of benzene rings is 8. The van der Waals surface area contributed by atoms with Crippen molar-refractivity contribution in [2.24, 2.45) is 0 Å². The minimum absolute atomic E-state index is 0.986. The zero-order chi connectivity index (χ0) is 34.4. The van der Waals surface area contributed by atoms with E-state index in [9.17, 15) is 0 Å². The van der Waals surface area contributed by atoms with E-state index in [-0.39, 0.29) is 0 Å². The van der Waals surface area contributed by atoms with Crippen LogP contribution in [0.2, 0.25) is 0 Å². The Kier molecular flexibility index (Phi) is 5.08. The number of nitrogens with zero attached hydrogens (tertiary/aromatic N) is 4. The maximum Gasteiger partial charge on any atom is 0.146 e. The molecule has 244 valence electrons. The fourth-order valence-electron chi connectivity index (χ4n) is 9.65. The van der Waals surface area contributed by atoms with Crippen LogP contribution in [-0.2, 0) is 0 Å². The van der Waals surface area contributed by atoms with E-state index in [1.165, 1.54) is 81.2 Å². The number of hydrogen-bond donors (Lipinski definition) is 0. The molecule has 0 spiro atoms. The number of anilines is 3. The van der Waals surface area contributed by atoms with Crippen LogP contribution in [0.15, 0.2) is 170 Å². The Morgan fingerprint density at radius 3 is 1.75 bits per heavy atom. The molecule has 0 saturated carbocycles. The van der Waals surface area contributed by atoms with Gasteiger partial charge in [0.15, 0.2) is 0 Å². The summed E-state index contributed by atoms with van der Waals surface area (Å²) in [5.41, 5.74) is 10.4. The summed E-state index contributed by atoms with van der Waals surface area (Å²) in [4.78, 5) is 7.83. The fraction of sp³-hybridized carbons (Fsp3) is 0. The number of para-hydroxylation sites is 4. The Labute approximate surface area is 302 Å². The van der Waals surface area contributed by atoms with Gasteiger partial charge >= 0.3 is 0 Å². The normalized spacial score (nSPS) is 12.5. The predicted molar refractivity (Wildman–Crippen MR) is 223 cm³/mol. The highest BCUT2D eigenvalue weighted by Crippen LogP contribution is 2.50. The van der Waals surface area contributed by atoms with Crippen molar-refractivity contribution in [1.29, 1.82) is 0 Å². The molecule has 0 fully saturated rings. The molecule has 0 aliphatic carbocycles. The molecule has 0 bridgehead atoms. The van der Waals surface area contributed by atoms with Gasteiger partial charge in [0, 0.05) is 54.5 Å². The molecular weight excluding hydrogens is 645 g/mol. The van der Waals surface area contributed by atoms with Gasteiger partial charge in [-0.05, 0) is 70.1 Å². The maximum atomic E-state index is 5.45. The van der Waals surface area contributed by atoms with Crippen molar-refractivity contribution in [3.63, 3.8) is 0 Å². The first-order valence-electron chi connectivity index (χ1n) is 18.2. The van der Waals surface area contributed by atoms with Gasteiger partial charge in [-0.2, -0.15) is 0 Å². The number of aromatic nitrogens is 3. The lowest BCUT2D eigenvalue weighted by Crippen LogP contribution is -2.10. The van der Waals surface area contributed by atoms with E-state index in [0.29, 0.717) is 0 Å². The molecule has 5 aromatic heterocycles. The Balaban J connectivity index is 1.24. The van der Waals surface area contributed by atoms with Crippen LogP contribution < -0.4 is 4.90 Å². The molecule has 8 aromatic carbocycles. The molecule has 0 aliphatic rings. The average Bonchev–Trinajstić information content (AvgIpc) is 3.94. The Morgan fingerprint density at radius 1 is 0.377 bits per heavy atom. The zero-order valence-electron chi connectivity index (χ0n) is 28.5. The molecule has 53 heavy (non-hydrogen) atoms. The van der Waals surface area contributed by atoms with Gasteiger partial charge in [-0.1, -0.05) is 115 Å². The average molecular weight is 673 g/mol. The van der Waals surface area contributed by atoms with E-state index in [4.69, 9.17) is 4.98 Å². The van der Waals surface area contributed by atoms with Crippen LogP contribution in [0, 0.1) is 0 Å². The summed E-state index contributed by atoms with van der Waals surface area (Å²) in [5.74, 6) is 0. The van der Waals surface area contributed by atoms with Crippen molar-refractivity contribution >= 4 is 115 Å². The van der Waals surface area contributed by atoms with Gasteiger partial charge in [0.2, 0.25) is 0 Å². The lowest BCUT2D eigenvalue weighted by atomic mass is 9.98. The van der Waals surface area contributed by atoms with Gasteiger partial charge in [-0.3, -0.25) is 4.40 Å². The first-order chi connectivity index (χ1) is 26.3. The smallest absolute Gasteiger partial charge is 0.146 e. The van der Waals surface area contributed by atoms with Gasteiger partial charge in [0.05, 0.1) is 39.5 Å². The van der Waals surface area contributed by atoms with E-state index < -0.39 is 0 Å². The molecule has 5 heterocycles. The molecule has 0 amide bonds. The van der Waals surface area contributed by atoms with E-state index >= 15 is 0 Å². The summed E-state index contributed by atoms with van der Waals surface area (Å²) >= 11 is 0.